The number of hydrogen-bond donors (Lipinski definition) is 2. The first kappa shape index (κ1) is 18.7. The number of thiophene rings is 1. The Morgan fingerprint density at radius 3 is 2.68 bits per heavy atom. The van der Waals surface area contributed by atoms with Crippen LogP contribution in [-0.2, 0) is 13.2 Å². The summed E-state index contributed by atoms with van der Waals surface area (Å²) < 4.78 is 8.09. The van der Waals surface area contributed by atoms with Crippen LogP contribution in [0.5, 0.6) is 5.75 Å². The third-order valence-electron chi connectivity index (χ3n) is 5.17. The molecule has 1 aliphatic heterocycles. The molecule has 0 saturated carbocycles. The number of carboxylic acids is 1. The van der Waals surface area contributed by atoms with Gasteiger partial charge in [0, 0.05) is 6.54 Å². The number of ether oxygens (including phenoxy) is 1. The van der Waals surface area contributed by atoms with Crippen LogP contribution in [0.3, 0.4) is 0 Å². The van der Waals surface area contributed by atoms with Gasteiger partial charge in [-0.05, 0) is 48.9 Å². The third kappa shape index (κ3) is 3.68. The quantitative estimate of drug-likeness (QED) is 0.666. The molecule has 1 aliphatic rings. The van der Waals surface area contributed by atoms with Crippen LogP contribution in [0.25, 0.3) is 10.2 Å². The average Bonchev–Trinajstić information content (AvgIpc) is 3.19. The van der Waals surface area contributed by atoms with Gasteiger partial charge in [-0.2, -0.15) is 0 Å². The van der Waals surface area contributed by atoms with Gasteiger partial charge in [-0.1, -0.05) is 30.3 Å². The summed E-state index contributed by atoms with van der Waals surface area (Å²) in [5, 5.41) is 14.9. The fraction of sp³-hybridized carbons (Fsp3) is 0.333. The molecule has 1 aromatic carbocycles. The van der Waals surface area contributed by atoms with Crippen molar-refractivity contribution in [3.05, 3.63) is 63.3 Å². The molecule has 3 heterocycles. The van der Waals surface area contributed by atoms with Crippen LogP contribution in [0.15, 0.2) is 46.6 Å². The van der Waals surface area contributed by atoms with Crippen molar-refractivity contribution < 1.29 is 14.6 Å². The number of fused-ring (bicyclic) bond motifs is 1. The smallest absolute Gasteiger partial charge is 0.341 e. The molecule has 1 fully saturated rings. The second kappa shape index (κ2) is 8.16. The number of nitrogens with one attached hydrogen (secondary N) is 1. The van der Waals surface area contributed by atoms with E-state index in [1.807, 2.05) is 41.8 Å². The first-order chi connectivity index (χ1) is 13.6. The Bertz CT molecular complexity index is 1040. The Labute approximate surface area is 166 Å². The van der Waals surface area contributed by atoms with Crippen LogP contribution < -0.4 is 15.6 Å². The lowest BCUT2D eigenvalue weighted by molar-refractivity contribution is 0.0693. The first-order valence-electron chi connectivity index (χ1n) is 9.40. The summed E-state index contributed by atoms with van der Waals surface area (Å²) in [4.78, 5) is 25.2. The molecule has 1 saturated heterocycles. The van der Waals surface area contributed by atoms with E-state index >= 15 is 0 Å². The highest BCUT2D eigenvalue weighted by Gasteiger charge is 2.25. The van der Waals surface area contributed by atoms with Crippen LogP contribution in [0.2, 0.25) is 0 Å². The summed E-state index contributed by atoms with van der Waals surface area (Å²) in [5.41, 5.74) is 1.16. The molecule has 0 radical (unpaired) electrons. The summed E-state index contributed by atoms with van der Waals surface area (Å²) in [6.07, 6.45) is 2.00. The molecule has 0 unspecified atom stereocenters. The van der Waals surface area contributed by atoms with Gasteiger partial charge < -0.3 is 19.7 Å². The Morgan fingerprint density at radius 2 is 1.96 bits per heavy atom. The lowest BCUT2D eigenvalue weighted by Gasteiger charge is -2.24. The monoisotopic (exact) mass is 398 g/mol. The van der Waals surface area contributed by atoms with E-state index in [2.05, 4.69) is 5.32 Å². The van der Waals surface area contributed by atoms with Crippen molar-refractivity contribution in [3.8, 4) is 5.75 Å². The lowest BCUT2D eigenvalue weighted by Crippen LogP contribution is -2.33. The zero-order valence-corrected chi connectivity index (χ0v) is 16.2. The zero-order chi connectivity index (χ0) is 19.5. The predicted molar refractivity (Wildman–Crippen MR) is 109 cm³/mol. The average molecular weight is 398 g/mol. The highest BCUT2D eigenvalue weighted by atomic mass is 32.1. The molecule has 7 heteroatoms. The van der Waals surface area contributed by atoms with Crippen LogP contribution in [-0.4, -0.2) is 28.7 Å². The zero-order valence-electron chi connectivity index (χ0n) is 15.4. The van der Waals surface area contributed by atoms with Gasteiger partial charge in [0.1, 0.15) is 12.2 Å². The van der Waals surface area contributed by atoms with E-state index in [9.17, 15) is 14.7 Å². The number of aromatic carboxylic acids is 1. The highest BCUT2D eigenvalue weighted by Crippen LogP contribution is 2.31. The molecule has 4 rings (SSSR count). The number of carbonyl (C=O) groups is 1. The summed E-state index contributed by atoms with van der Waals surface area (Å²) in [7, 11) is 0. The fourth-order valence-electron chi connectivity index (χ4n) is 3.71. The fourth-order valence-corrected chi connectivity index (χ4v) is 4.64. The molecule has 0 bridgehead atoms. The van der Waals surface area contributed by atoms with Crippen LogP contribution in [0, 0.1) is 5.92 Å². The minimum Gasteiger partial charge on any atom is -0.482 e. The Morgan fingerprint density at radius 1 is 1.21 bits per heavy atom. The third-order valence-corrected chi connectivity index (χ3v) is 6.09. The normalized spacial score (nSPS) is 15.0. The van der Waals surface area contributed by atoms with E-state index in [-0.39, 0.29) is 23.5 Å². The van der Waals surface area contributed by atoms with E-state index < -0.39 is 5.97 Å². The highest BCUT2D eigenvalue weighted by molar-refractivity contribution is 7.17. The van der Waals surface area contributed by atoms with Gasteiger partial charge in [-0.25, -0.2) is 4.79 Å². The van der Waals surface area contributed by atoms with E-state index in [0.29, 0.717) is 22.7 Å². The molecule has 2 N–H and O–H groups in total. The molecule has 2 aromatic heterocycles. The van der Waals surface area contributed by atoms with Crippen molar-refractivity contribution >= 4 is 27.5 Å². The molecule has 28 heavy (non-hydrogen) atoms. The van der Waals surface area contributed by atoms with Crippen molar-refractivity contribution in [2.45, 2.75) is 26.0 Å². The van der Waals surface area contributed by atoms with Gasteiger partial charge in [-0.15, -0.1) is 11.3 Å². The van der Waals surface area contributed by atoms with Gasteiger partial charge in [0.15, 0.2) is 0 Å². The Balaban J connectivity index is 1.77. The molecule has 0 atom stereocenters. The molecule has 0 aliphatic carbocycles. The van der Waals surface area contributed by atoms with Crippen LogP contribution >= 0.6 is 11.3 Å². The van der Waals surface area contributed by atoms with Gasteiger partial charge >= 0.3 is 5.97 Å². The topological polar surface area (TPSA) is 80.6 Å². The van der Waals surface area contributed by atoms with E-state index in [4.69, 9.17) is 4.74 Å². The maximum Gasteiger partial charge on any atom is 0.341 e. The second-order valence-electron chi connectivity index (χ2n) is 7.03. The van der Waals surface area contributed by atoms with Crippen LogP contribution in [0.1, 0.15) is 28.8 Å². The van der Waals surface area contributed by atoms with Gasteiger partial charge in [0.05, 0.1) is 10.2 Å². The van der Waals surface area contributed by atoms with Crippen molar-refractivity contribution in [1.29, 1.82) is 0 Å². The molecular formula is C21H22N2O4S. The Hall–Kier alpha value is -2.64. The van der Waals surface area contributed by atoms with E-state index in [1.165, 1.54) is 11.3 Å². The molecule has 146 valence electrons. The number of hydrogen-bond acceptors (Lipinski definition) is 5. The van der Waals surface area contributed by atoms with Crippen molar-refractivity contribution in [3.63, 3.8) is 0 Å². The first-order valence-corrected chi connectivity index (χ1v) is 10.3. The molecule has 6 nitrogen and oxygen atoms in total. The summed E-state index contributed by atoms with van der Waals surface area (Å²) in [5.74, 6) is -0.818. The maximum absolute atomic E-state index is 13.3. The minimum absolute atomic E-state index is 0.0347. The van der Waals surface area contributed by atoms with Crippen molar-refractivity contribution in [2.75, 3.05) is 13.1 Å². The standard InChI is InChI=1S/C21H22N2O4S/c24-20-18(27-13-15-4-2-1-3-5-15)17(21(25)26)19-16(8-11-28-19)23(20)12-14-6-9-22-10-7-14/h1-5,8,11,14,22H,6-7,9-10,12-13H2,(H,25,26). The SMILES string of the molecule is O=C(O)c1c(OCc2ccccc2)c(=O)n(CC2CCNCC2)c2ccsc12. The molecular weight excluding hydrogens is 376 g/mol. The number of pyridine rings is 1. The van der Waals surface area contributed by atoms with Crippen molar-refractivity contribution in [2.24, 2.45) is 5.92 Å². The predicted octanol–water partition coefficient (Wildman–Crippen LogP) is 3.34. The van der Waals surface area contributed by atoms with E-state index in [1.54, 1.807) is 4.57 Å². The lowest BCUT2D eigenvalue weighted by atomic mass is 9.98. The maximum atomic E-state index is 13.3. The van der Waals surface area contributed by atoms with Crippen LogP contribution in [0.4, 0.5) is 0 Å². The summed E-state index contributed by atoms with van der Waals surface area (Å²) in [6, 6.07) is 11.3. The second-order valence-corrected chi connectivity index (χ2v) is 7.94. The number of carboxylic acid groups (broad SMARTS) is 1. The van der Waals surface area contributed by atoms with Crippen molar-refractivity contribution in [1.82, 2.24) is 9.88 Å². The Kier molecular flexibility index (Phi) is 5.45. The largest absolute Gasteiger partial charge is 0.482 e. The van der Waals surface area contributed by atoms with Gasteiger partial charge in [0.2, 0.25) is 5.75 Å². The van der Waals surface area contributed by atoms with Gasteiger partial charge in [0.25, 0.3) is 5.56 Å². The van der Waals surface area contributed by atoms with E-state index in [0.717, 1.165) is 31.5 Å². The summed E-state index contributed by atoms with van der Waals surface area (Å²) >= 11 is 1.33. The molecule has 0 spiro atoms. The molecule has 3 aromatic rings. The number of piperidine rings is 1. The summed E-state index contributed by atoms with van der Waals surface area (Å²) in [6.45, 7) is 2.61. The number of aromatic nitrogens is 1. The van der Waals surface area contributed by atoms with Gasteiger partial charge in [-0.3, -0.25) is 4.79 Å². The number of nitrogens with zero attached hydrogens (tertiary/aromatic N) is 1. The minimum atomic E-state index is -1.14. The number of benzene rings is 1. The molecule has 0 amide bonds. The number of rotatable bonds is 6.